The lowest BCUT2D eigenvalue weighted by Gasteiger charge is -2.38. The van der Waals surface area contributed by atoms with E-state index < -0.39 is 10.0 Å². The van der Waals surface area contributed by atoms with Gasteiger partial charge in [-0.05, 0) is 85.8 Å². The molecule has 0 unspecified atom stereocenters. The summed E-state index contributed by atoms with van der Waals surface area (Å²) in [5, 5.41) is 4.37. The maximum absolute atomic E-state index is 13.2. The Morgan fingerprint density at radius 1 is 0.946 bits per heavy atom. The Labute approximate surface area is 227 Å². The van der Waals surface area contributed by atoms with Gasteiger partial charge in [-0.3, -0.25) is 4.72 Å². The molecule has 3 atom stereocenters. The van der Waals surface area contributed by atoms with Crippen LogP contribution in [0.5, 0.6) is 11.5 Å². The van der Waals surface area contributed by atoms with Crippen LogP contribution < -0.4 is 19.5 Å². The van der Waals surface area contributed by atoms with Crippen LogP contribution >= 0.6 is 23.2 Å². The topological polar surface area (TPSA) is 76.7 Å². The Balaban J connectivity index is 1.46. The average Bonchev–Trinajstić information content (AvgIpc) is 3.34. The lowest BCUT2D eigenvalue weighted by molar-refractivity contribution is 0.287. The lowest BCUT2D eigenvalue weighted by Crippen LogP contribution is -2.29. The van der Waals surface area contributed by atoms with Gasteiger partial charge in [-0.15, -0.1) is 0 Å². The highest BCUT2D eigenvalue weighted by Gasteiger charge is 2.38. The average molecular weight is 560 g/mol. The fraction of sp³-hybridized carbons (Fsp3) is 0.286. The zero-order chi connectivity index (χ0) is 26.2. The van der Waals surface area contributed by atoms with Gasteiger partial charge in [0.15, 0.2) is 11.5 Å². The third-order valence-corrected chi connectivity index (χ3v) is 8.50. The molecule has 1 aliphatic heterocycles. The van der Waals surface area contributed by atoms with Crippen LogP contribution in [-0.2, 0) is 10.0 Å². The van der Waals surface area contributed by atoms with Gasteiger partial charge in [0.25, 0.3) is 10.0 Å². The van der Waals surface area contributed by atoms with Gasteiger partial charge >= 0.3 is 0 Å². The standard InChI is InChI=1S/C28H28Cl2N2O4S/c1-3-35-26-11-8-17(12-27(26)36-4-2)28-23-7-5-6-22(23)24-16-21(9-10-25(24)31-28)37(33,34)32-20-14-18(29)13-19(30)15-20/h5-6,8-16,22-23,28,31-32H,3-4,7H2,1-2H3/t22-,23+,28+/m0/s1. The maximum Gasteiger partial charge on any atom is 0.261 e. The van der Waals surface area contributed by atoms with Crippen molar-refractivity contribution in [3.63, 3.8) is 0 Å². The number of ether oxygens (including phenoxy) is 2. The second kappa shape index (κ2) is 10.5. The molecule has 0 saturated heterocycles. The van der Waals surface area contributed by atoms with Crippen LogP contribution in [0.1, 0.15) is 43.4 Å². The van der Waals surface area contributed by atoms with Crippen molar-refractivity contribution < 1.29 is 17.9 Å². The third kappa shape index (κ3) is 5.26. The molecule has 0 bridgehead atoms. The van der Waals surface area contributed by atoms with E-state index in [0.717, 1.165) is 34.7 Å². The summed E-state index contributed by atoms with van der Waals surface area (Å²) in [7, 11) is -3.85. The zero-order valence-corrected chi connectivity index (χ0v) is 22.8. The summed E-state index contributed by atoms with van der Waals surface area (Å²) in [6.45, 7) is 5.01. The van der Waals surface area contributed by atoms with Crippen molar-refractivity contribution in [3.8, 4) is 11.5 Å². The number of sulfonamides is 1. The maximum atomic E-state index is 13.2. The molecule has 0 saturated carbocycles. The SMILES string of the molecule is CCOc1ccc([C@H]2Nc3ccc(S(=O)(=O)Nc4cc(Cl)cc(Cl)c4)cc3[C@H]3C=CC[C@H]32)cc1OCC. The normalized spacial score (nSPS) is 20.1. The molecule has 37 heavy (non-hydrogen) atoms. The molecule has 2 aliphatic rings. The van der Waals surface area contributed by atoms with Gasteiger partial charge < -0.3 is 14.8 Å². The number of anilines is 2. The van der Waals surface area contributed by atoms with Crippen LogP contribution in [0.15, 0.2) is 71.6 Å². The molecule has 0 spiro atoms. The molecular formula is C28H28Cl2N2O4S. The van der Waals surface area contributed by atoms with Crippen molar-refractivity contribution in [2.45, 2.75) is 37.1 Å². The summed E-state index contributed by atoms with van der Waals surface area (Å²) in [5.74, 6) is 1.77. The molecule has 2 N–H and O–H groups in total. The summed E-state index contributed by atoms with van der Waals surface area (Å²) in [5.41, 5.74) is 3.28. The molecule has 0 amide bonds. The highest BCUT2D eigenvalue weighted by atomic mass is 35.5. The largest absolute Gasteiger partial charge is 0.490 e. The summed E-state index contributed by atoms with van der Waals surface area (Å²) >= 11 is 12.1. The van der Waals surface area contributed by atoms with Crippen LogP contribution in [-0.4, -0.2) is 21.6 Å². The Hall–Kier alpha value is -2.87. The van der Waals surface area contributed by atoms with Crippen LogP contribution in [0, 0.1) is 5.92 Å². The zero-order valence-electron chi connectivity index (χ0n) is 20.5. The smallest absolute Gasteiger partial charge is 0.261 e. The van der Waals surface area contributed by atoms with Gasteiger partial charge in [-0.25, -0.2) is 8.42 Å². The minimum atomic E-state index is -3.85. The number of hydrogen-bond acceptors (Lipinski definition) is 5. The van der Waals surface area contributed by atoms with E-state index >= 15 is 0 Å². The second-order valence-corrected chi connectivity index (χ2v) is 11.6. The quantitative estimate of drug-likeness (QED) is 0.281. The summed E-state index contributed by atoms with van der Waals surface area (Å²) < 4.78 is 40.6. The van der Waals surface area contributed by atoms with E-state index in [9.17, 15) is 8.42 Å². The van der Waals surface area contributed by atoms with Crippen molar-refractivity contribution in [3.05, 3.63) is 87.9 Å². The predicted octanol–water partition coefficient (Wildman–Crippen LogP) is 7.42. The first-order chi connectivity index (χ1) is 17.8. The number of fused-ring (bicyclic) bond motifs is 3. The molecule has 3 aromatic carbocycles. The van der Waals surface area contributed by atoms with Crippen molar-refractivity contribution in [2.75, 3.05) is 23.3 Å². The number of allylic oxidation sites excluding steroid dienone is 2. The molecule has 1 heterocycles. The molecule has 6 nitrogen and oxygen atoms in total. The number of nitrogens with one attached hydrogen (secondary N) is 2. The van der Waals surface area contributed by atoms with E-state index in [1.165, 1.54) is 12.1 Å². The number of hydrogen-bond donors (Lipinski definition) is 2. The number of benzene rings is 3. The van der Waals surface area contributed by atoms with Crippen LogP contribution in [0.3, 0.4) is 0 Å². The van der Waals surface area contributed by atoms with E-state index in [4.69, 9.17) is 32.7 Å². The highest BCUT2D eigenvalue weighted by Crippen LogP contribution is 2.51. The predicted molar refractivity (Wildman–Crippen MR) is 149 cm³/mol. The van der Waals surface area contributed by atoms with Crippen LogP contribution in [0.4, 0.5) is 11.4 Å². The van der Waals surface area contributed by atoms with Crippen molar-refractivity contribution in [2.24, 2.45) is 5.92 Å². The number of rotatable bonds is 8. The van der Waals surface area contributed by atoms with E-state index in [-0.39, 0.29) is 22.8 Å². The van der Waals surface area contributed by atoms with E-state index in [0.29, 0.717) is 28.9 Å². The van der Waals surface area contributed by atoms with Crippen molar-refractivity contribution >= 4 is 44.6 Å². The van der Waals surface area contributed by atoms with E-state index in [2.05, 4.69) is 28.3 Å². The Morgan fingerprint density at radius 2 is 1.68 bits per heavy atom. The first kappa shape index (κ1) is 25.8. The molecule has 5 rings (SSSR count). The van der Waals surface area contributed by atoms with Crippen LogP contribution in [0.25, 0.3) is 0 Å². The van der Waals surface area contributed by atoms with Gasteiger partial charge in [-0.2, -0.15) is 0 Å². The minimum absolute atomic E-state index is 0.0385. The first-order valence-corrected chi connectivity index (χ1v) is 14.5. The molecule has 3 aromatic rings. The monoisotopic (exact) mass is 558 g/mol. The third-order valence-electron chi connectivity index (χ3n) is 6.69. The molecule has 194 valence electrons. The first-order valence-electron chi connectivity index (χ1n) is 12.2. The van der Waals surface area contributed by atoms with E-state index in [1.807, 2.05) is 32.0 Å². The van der Waals surface area contributed by atoms with Crippen LogP contribution in [0.2, 0.25) is 10.0 Å². The van der Waals surface area contributed by atoms with Gasteiger partial charge in [0, 0.05) is 21.7 Å². The molecule has 9 heteroatoms. The fourth-order valence-electron chi connectivity index (χ4n) is 5.16. The van der Waals surface area contributed by atoms with Gasteiger partial charge in [0.1, 0.15) is 0 Å². The van der Waals surface area contributed by atoms with Crippen molar-refractivity contribution in [1.82, 2.24) is 0 Å². The highest BCUT2D eigenvalue weighted by molar-refractivity contribution is 7.92. The molecule has 1 aliphatic carbocycles. The van der Waals surface area contributed by atoms with E-state index in [1.54, 1.807) is 18.2 Å². The molecular weight excluding hydrogens is 531 g/mol. The Kier molecular flexibility index (Phi) is 7.30. The molecule has 0 fully saturated rings. The Morgan fingerprint density at radius 3 is 2.41 bits per heavy atom. The summed E-state index contributed by atoms with van der Waals surface area (Å²) in [6, 6.07) is 15.9. The van der Waals surface area contributed by atoms with Gasteiger partial charge in [-0.1, -0.05) is 41.4 Å². The van der Waals surface area contributed by atoms with Gasteiger partial charge in [0.05, 0.1) is 29.8 Å². The Bertz CT molecular complexity index is 1440. The fourth-order valence-corrected chi connectivity index (χ4v) is 6.76. The second-order valence-electron chi connectivity index (χ2n) is 9.06. The lowest BCUT2D eigenvalue weighted by atomic mass is 9.77. The van der Waals surface area contributed by atoms with Crippen molar-refractivity contribution in [1.29, 1.82) is 0 Å². The number of halogens is 2. The minimum Gasteiger partial charge on any atom is -0.490 e. The van der Waals surface area contributed by atoms with Gasteiger partial charge in [0.2, 0.25) is 0 Å². The summed E-state index contributed by atoms with van der Waals surface area (Å²) in [6.07, 6.45) is 5.23. The molecule has 0 radical (unpaired) electrons. The molecule has 0 aromatic heterocycles. The summed E-state index contributed by atoms with van der Waals surface area (Å²) in [4.78, 5) is 0.182.